The van der Waals surface area contributed by atoms with Crippen LogP contribution in [0.2, 0.25) is 0 Å². The molecule has 2 N–H and O–H groups in total. The van der Waals surface area contributed by atoms with E-state index in [1.165, 1.54) is 6.42 Å². The third kappa shape index (κ3) is 4.27. The zero-order chi connectivity index (χ0) is 9.84. The van der Waals surface area contributed by atoms with Crippen molar-refractivity contribution in [1.82, 2.24) is 10.6 Å². The minimum Gasteiger partial charge on any atom is -0.353 e. The van der Waals surface area contributed by atoms with Crippen LogP contribution in [0.15, 0.2) is 0 Å². The van der Waals surface area contributed by atoms with E-state index in [0.717, 1.165) is 18.4 Å². The molecule has 0 aliphatic heterocycles. The summed E-state index contributed by atoms with van der Waals surface area (Å²) in [5.41, 5.74) is 0. The maximum absolute atomic E-state index is 11.2. The van der Waals surface area contributed by atoms with Gasteiger partial charge in [0.2, 0.25) is 5.91 Å². The first kappa shape index (κ1) is 10.5. The van der Waals surface area contributed by atoms with Gasteiger partial charge >= 0.3 is 0 Å². The summed E-state index contributed by atoms with van der Waals surface area (Å²) < 4.78 is 0. The standard InChI is InChI=1S/C10H20N2O/c1-7(2)12-10(13)6-11-5-9-4-8(9)3/h7-9,11H,4-6H2,1-3H3,(H,12,13). The van der Waals surface area contributed by atoms with Gasteiger partial charge in [-0.05, 0) is 38.6 Å². The van der Waals surface area contributed by atoms with Gasteiger partial charge in [0.1, 0.15) is 0 Å². The first-order chi connectivity index (χ1) is 6.09. The summed E-state index contributed by atoms with van der Waals surface area (Å²) in [5.74, 6) is 1.77. The van der Waals surface area contributed by atoms with Gasteiger partial charge in [-0.1, -0.05) is 6.92 Å². The first-order valence-corrected chi connectivity index (χ1v) is 5.09. The highest BCUT2D eigenvalue weighted by Gasteiger charge is 2.31. The quantitative estimate of drug-likeness (QED) is 0.662. The highest BCUT2D eigenvalue weighted by Crippen LogP contribution is 2.36. The highest BCUT2D eigenvalue weighted by atomic mass is 16.1. The van der Waals surface area contributed by atoms with E-state index in [1.807, 2.05) is 13.8 Å². The predicted molar refractivity (Wildman–Crippen MR) is 53.4 cm³/mol. The van der Waals surface area contributed by atoms with Crippen LogP contribution < -0.4 is 10.6 Å². The van der Waals surface area contributed by atoms with Crippen LogP contribution >= 0.6 is 0 Å². The third-order valence-corrected chi connectivity index (χ3v) is 2.42. The molecule has 1 amide bonds. The fraction of sp³-hybridized carbons (Fsp3) is 0.900. The Hall–Kier alpha value is -0.570. The minimum absolute atomic E-state index is 0.100. The average molecular weight is 184 g/mol. The largest absolute Gasteiger partial charge is 0.353 e. The third-order valence-electron chi connectivity index (χ3n) is 2.42. The van der Waals surface area contributed by atoms with Crippen molar-refractivity contribution in [2.75, 3.05) is 13.1 Å². The number of nitrogens with one attached hydrogen (secondary N) is 2. The molecule has 1 fully saturated rings. The lowest BCUT2D eigenvalue weighted by Crippen LogP contribution is -2.38. The number of hydrogen-bond donors (Lipinski definition) is 2. The van der Waals surface area contributed by atoms with E-state index in [0.29, 0.717) is 6.54 Å². The van der Waals surface area contributed by atoms with Crippen LogP contribution in [-0.2, 0) is 4.79 Å². The molecule has 0 spiro atoms. The molecule has 0 bridgehead atoms. The molecule has 0 aromatic carbocycles. The van der Waals surface area contributed by atoms with Gasteiger partial charge in [-0.2, -0.15) is 0 Å². The molecule has 13 heavy (non-hydrogen) atoms. The predicted octanol–water partition coefficient (Wildman–Crippen LogP) is 0.757. The zero-order valence-electron chi connectivity index (χ0n) is 8.76. The molecule has 2 atom stereocenters. The molecule has 1 saturated carbocycles. The molecule has 2 unspecified atom stereocenters. The van der Waals surface area contributed by atoms with E-state index in [4.69, 9.17) is 0 Å². The van der Waals surface area contributed by atoms with Crippen LogP contribution in [0.25, 0.3) is 0 Å². The molecule has 1 aliphatic rings. The number of carbonyl (C=O) groups is 1. The molecule has 3 nitrogen and oxygen atoms in total. The van der Waals surface area contributed by atoms with Crippen LogP contribution in [0.3, 0.4) is 0 Å². The molecule has 76 valence electrons. The van der Waals surface area contributed by atoms with E-state index in [2.05, 4.69) is 17.6 Å². The summed E-state index contributed by atoms with van der Waals surface area (Å²) in [6.07, 6.45) is 1.32. The van der Waals surface area contributed by atoms with Crippen LogP contribution in [0.4, 0.5) is 0 Å². The van der Waals surface area contributed by atoms with E-state index in [1.54, 1.807) is 0 Å². The molecular weight excluding hydrogens is 164 g/mol. The Bertz CT molecular complexity index is 180. The lowest BCUT2D eigenvalue weighted by atomic mass is 10.3. The molecule has 1 aliphatic carbocycles. The monoisotopic (exact) mass is 184 g/mol. The van der Waals surface area contributed by atoms with Gasteiger partial charge in [0.15, 0.2) is 0 Å². The number of hydrogen-bond acceptors (Lipinski definition) is 2. The van der Waals surface area contributed by atoms with Gasteiger partial charge in [0.05, 0.1) is 6.54 Å². The van der Waals surface area contributed by atoms with Crippen molar-refractivity contribution in [2.24, 2.45) is 11.8 Å². The van der Waals surface area contributed by atoms with Gasteiger partial charge < -0.3 is 10.6 Å². The Balaban J connectivity index is 1.96. The maximum Gasteiger partial charge on any atom is 0.234 e. The summed E-state index contributed by atoms with van der Waals surface area (Å²) in [4.78, 5) is 11.2. The summed E-state index contributed by atoms with van der Waals surface area (Å²) in [6, 6.07) is 0.245. The molecule has 3 heteroatoms. The molecule has 0 aromatic heterocycles. The minimum atomic E-state index is 0.100. The van der Waals surface area contributed by atoms with Gasteiger partial charge in [0.25, 0.3) is 0 Å². The molecular formula is C10H20N2O. The smallest absolute Gasteiger partial charge is 0.234 e. The summed E-state index contributed by atoms with van der Waals surface area (Å²) >= 11 is 0. The Morgan fingerprint density at radius 3 is 2.62 bits per heavy atom. The Morgan fingerprint density at radius 1 is 1.54 bits per heavy atom. The maximum atomic E-state index is 11.2. The summed E-state index contributed by atoms with van der Waals surface area (Å²) in [5, 5.41) is 6.02. The van der Waals surface area contributed by atoms with Crippen molar-refractivity contribution in [3.63, 3.8) is 0 Å². The normalized spacial score (nSPS) is 26.2. The number of amides is 1. The van der Waals surface area contributed by atoms with Gasteiger partial charge in [-0.25, -0.2) is 0 Å². The molecule has 0 radical (unpaired) electrons. The lowest BCUT2D eigenvalue weighted by molar-refractivity contribution is -0.120. The van der Waals surface area contributed by atoms with Crippen LogP contribution in [0.5, 0.6) is 0 Å². The van der Waals surface area contributed by atoms with Crippen molar-refractivity contribution >= 4 is 5.91 Å². The topological polar surface area (TPSA) is 41.1 Å². The number of carbonyl (C=O) groups excluding carboxylic acids is 1. The fourth-order valence-corrected chi connectivity index (χ4v) is 1.43. The molecule has 0 heterocycles. The van der Waals surface area contributed by atoms with Gasteiger partial charge in [-0.15, -0.1) is 0 Å². The Morgan fingerprint density at radius 2 is 2.15 bits per heavy atom. The fourth-order valence-electron chi connectivity index (χ4n) is 1.43. The van der Waals surface area contributed by atoms with Gasteiger partial charge in [-0.3, -0.25) is 4.79 Å². The van der Waals surface area contributed by atoms with E-state index in [9.17, 15) is 4.79 Å². The van der Waals surface area contributed by atoms with Crippen molar-refractivity contribution in [3.05, 3.63) is 0 Å². The van der Waals surface area contributed by atoms with E-state index >= 15 is 0 Å². The SMILES string of the molecule is CC(C)NC(=O)CNCC1CC1C. The van der Waals surface area contributed by atoms with Crippen LogP contribution in [0.1, 0.15) is 27.2 Å². The average Bonchev–Trinajstić information content (AvgIpc) is 2.64. The first-order valence-electron chi connectivity index (χ1n) is 5.09. The second-order valence-corrected chi connectivity index (χ2v) is 4.33. The highest BCUT2D eigenvalue weighted by molar-refractivity contribution is 5.78. The number of rotatable bonds is 5. The Labute approximate surface area is 80.3 Å². The summed E-state index contributed by atoms with van der Waals surface area (Å²) in [6.45, 7) is 7.65. The van der Waals surface area contributed by atoms with Crippen molar-refractivity contribution in [1.29, 1.82) is 0 Å². The Kier molecular flexibility index (Phi) is 3.72. The van der Waals surface area contributed by atoms with Crippen molar-refractivity contribution in [3.8, 4) is 0 Å². The molecule has 0 saturated heterocycles. The van der Waals surface area contributed by atoms with Crippen LogP contribution in [0, 0.1) is 11.8 Å². The van der Waals surface area contributed by atoms with E-state index < -0.39 is 0 Å². The van der Waals surface area contributed by atoms with Crippen LogP contribution in [-0.4, -0.2) is 25.0 Å². The van der Waals surface area contributed by atoms with Crippen molar-refractivity contribution < 1.29 is 4.79 Å². The second kappa shape index (κ2) is 4.61. The molecule has 0 aromatic rings. The van der Waals surface area contributed by atoms with Gasteiger partial charge in [0, 0.05) is 6.04 Å². The second-order valence-electron chi connectivity index (χ2n) is 4.33. The van der Waals surface area contributed by atoms with E-state index in [-0.39, 0.29) is 11.9 Å². The zero-order valence-corrected chi connectivity index (χ0v) is 8.76. The summed E-state index contributed by atoms with van der Waals surface area (Å²) in [7, 11) is 0. The molecule has 1 rings (SSSR count). The lowest BCUT2D eigenvalue weighted by Gasteiger charge is -2.08. The van der Waals surface area contributed by atoms with Crippen molar-refractivity contribution in [2.45, 2.75) is 33.2 Å².